The van der Waals surface area contributed by atoms with Crippen LogP contribution in [0.1, 0.15) is 30.6 Å². The molecular formula is C22H28N2O4S. The van der Waals surface area contributed by atoms with Crippen molar-refractivity contribution >= 4 is 28.9 Å². The Balaban J connectivity index is 1.89. The number of hydrogen-bond donors (Lipinski definition) is 2. The molecule has 0 aliphatic rings. The van der Waals surface area contributed by atoms with Crippen LogP contribution >= 0.6 is 12.2 Å². The van der Waals surface area contributed by atoms with Crippen LogP contribution in [0, 0.1) is 5.92 Å². The van der Waals surface area contributed by atoms with E-state index in [1.54, 1.807) is 31.4 Å². The number of rotatable bonds is 10. The summed E-state index contributed by atoms with van der Waals surface area (Å²) in [6.45, 7) is 5.86. The summed E-state index contributed by atoms with van der Waals surface area (Å²) in [4.78, 5) is 12.5. The second-order valence-corrected chi connectivity index (χ2v) is 7.24. The first kappa shape index (κ1) is 22.6. The minimum Gasteiger partial charge on any atom is -0.494 e. The highest BCUT2D eigenvalue weighted by Crippen LogP contribution is 2.18. The fourth-order valence-corrected chi connectivity index (χ4v) is 2.59. The second kappa shape index (κ2) is 12.0. The van der Waals surface area contributed by atoms with Crippen molar-refractivity contribution in [3.05, 3.63) is 54.1 Å². The van der Waals surface area contributed by atoms with E-state index in [1.807, 2.05) is 24.3 Å². The fourth-order valence-electron chi connectivity index (χ4n) is 2.38. The standard InChI is InChI=1S/C22H28N2O4S/c1-16(2)10-11-27-19-8-4-6-17(14-19)21(25)24-22(29)23-18-7-5-9-20(15-18)28-13-12-26-3/h4-9,14-16H,10-13H2,1-3H3,(H2,23,24,25,29). The molecule has 29 heavy (non-hydrogen) atoms. The molecule has 0 fully saturated rings. The Hall–Kier alpha value is -2.64. The summed E-state index contributed by atoms with van der Waals surface area (Å²) in [5.74, 6) is 1.61. The highest BCUT2D eigenvalue weighted by Gasteiger charge is 2.10. The number of benzene rings is 2. The molecule has 0 aliphatic carbocycles. The Morgan fingerprint density at radius 2 is 1.69 bits per heavy atom. The maximum absolute atomic E-state index is 12.5. The van der Waals surface area contributed by atoms with E-state index in [0.717, 1.165) is 12.1 Å². The van der Waals surface area contributed by atoms with E-state index in [1.165, 1.54) is 0 Å². The van der Waals surface area contributed by atoms with Crippen LogP contribution in [0.4, 0.5) is 5.69 Å². The highest BCUT2D eigenvalue weighted by atomic mass is 32.1. The van der Waals surface area contributed by atoms with Crippen molar-refractivity contribution in [3.63, 3.8) is 0 Å². The van der Waals surface area contributed by atoms with Gasteiger partial charge in [0.25, 0.3) is 5.91 Å². The molecule has 7 heteroatoms. The lowest BCUT2D eigenvalue weighted by molar-refractivity contribution is 0.0977. The van der Waals surface area contributed by atoms with Gasteiger partial charge in [-0.1, -0.05) is 26.0 Å². The molecule has 2 aromatic carbocycles. The zero-order valence-electron chi connectivity index (χ0n) is 17.1. The molecule has 2 N–H and O–H groups in total. The van der Waals surface area contributed by atoms with Crippen LogP contribution in [0.3, 0.4) is 0 Å². The topological polar surface area (TPSA) is 68.8 Å². The van der Waals surface area contributed by atoms with Crippen molar-refractivity contribution in [1.82, 2.24) is 5.32 Å². The second-order valence-electron chi connectivity index (χ2n) is 6.84. The van der Waals surface area contributed by atoms with Crippen molar-refractivity contribution in [3.8, 4) is 11.5 Å². The molecule has 0 saturated carbocycles. The van der Waals surface area contributed by atoms with E-state index in [4.69, 9.17) is 26.4 Å². The predicted molar refractivity (Wildman–Crippen MR) is 119 cm³/mol. The number of methoxy groups -OCH3 is 1. The van der Waals surface area contributed by atoms with Crippen LogP contribution in [0.25, 0.3) is 0 Å². The van der Waals surface area contributed by atoms with Crippen LogP contribution in [0.2, 0.25) is 0 Å². The Morgan fingerprint density at radius 1 is 1.00 bits per heavy atom. The number of nitrogens with one attached hydrogen (secondary N) is 2. The molecule has 0 unspecified atom stereocenters. The average molecular weight is 417 g/mol. The summed E-state index contributed by atoms with van der Waals surface area (Å²) in [6.07, 6.45) is 0.957. The number of carbonyl (C=O) groups is 1. The van der Waals surface area contributed by atoms with Crippen LogP contribution in [0.15, 0.2) is 48.5 Å². The Kier molecular flexibility index (Phi) is 9.40. The minimum absolute atomic E-state index is 0.204. The van der Waals surface area contributed by atoms with Crippen LogP contribution in [-0.4, -0.2) is 38.0 Å². The quantitative estimate of drug-likeness (QED) is 0.445. The molecular weight excluding hydrogens is 388 g/mol. The third-order valence-corrected chi connectivity index (χ3v) is 4.14. The zero-order valence-corrected chi connectivity index (χ0v) is 17.9. The number of anilines is 1. The first-order chi connectivity index (χ1) is 14.0. The Labute approximate surface area is 177 Å². The van der Waals surface area contributed by atoms with Gasteiger partial charge < -0.3 is 19.5 Å². The van der Waals surface area contributed by atoms with Gasteiger partial charge in [0, 0.05) is 24.4 Å². The van der Waals surface area contributed by atoms with Gasteiger partial charge in [0.15, 0.2) is 5.11 Å². The van der Waals surface area contributed by atoms with Crippen LogP contribution in [0.5, 0.6) is 11.5 Å². The minimum atomic E-state index is -0.302. The number of hydrogen-bond acceptors (Lipinski definition) is 5. The summed E-state index contributed by atoms with van der Waals surface area (Å²) in [7, 11) is 1.62. The molecule has 0 saturated heterocycles. The molecule has 0 spiro atoms. The number of ether oxygens (including phenoxy) is 3. The summed E-state index contributed by atoms with van der Waals surface area (Å²) in [6, 6.07) is 14.4. The summed E-state index contributed by atoms with van der Waals surface area (Å²) >= 11 is 5.26. The molecule has 2 rings (SSSR count). The van der Waals surface area contributed by atoms with Gasteiger partial charge in [0.05, 0.1) is 13.2 Å². The van der Waals surface area contributed by atoms with E-state index in [0.29, 0.717) is 42.8 Å². The number of amides is 1. The van der Waals surface area contributed by atoms with E-state index in [2.05, 4.69) is 24.5 Å². The monoisotopic (exact) mass is 416 g/mol. The third kappa shape index (κ3) is 8.50. The molecule has 156 valence electrons. The lowest BCUT2D eigenvalue weighted by atomic mass is 10.1. The van der Waals surface area contributed by atoms with Crippen LogP contribution < -0.4 is 20.1 Å². The largest absolute Gasteiger partial charge is 0.494 e. The highest BCUT2D eigenvalue weighted by molar-refractivity contribution is 7.80. The van der Waals surface area contributed by atoms with Gasteiger partial charge in [-0.25, -0.2) is 0 Å². The van der Waals surface area contributed by atoms with E-state index in [9.17, 15) is 4.79 Å². The van der Waals surface area contributed by atoms with Crippen LogP contribution in [-0.2, 0) is 4.74 Å². The van der Waals surface area contributed by atoms with Gasteiger partial charge in [0.1, 0.15) is 18.1 Å². The first-order valence-electron chi connectivity index (χ1n) is 9.55. The van der Waals surface area contributed by atoms with Gasteiger partial charge in [-0.05, 0) is 54.9 Å². The van der Waals surface area contributed by atoms with E-state index >= 15 is 0 Å². The Morgan fingerprint density at radius 3 is 2.41 bits per heavy atom. The molecule has 0 aliphatic heterocycles. The van der Waals surface area contributed by atoms with Gasteiger partial charge in [-0.15, -0.1) is 0 Å². The normalized spacial score (nSPS) is 10.5. The molecule has 0 bridgehead atoms. The number of carbonyl (C=O) groups excluding carboxylic acids is 1. The van der Waals surface area contributed by atoms with Gasteiger partial charge in [0.2, 0.25) is 0 Å². The molecule has 1 amide bonds. The van der Waals surface area contributed by atoms with Crippen molar-refractivity contribution < 1.29 is 19.0 Å². The molecule has 0 heterocycles. The van der Waals surface area contributed by atoms with E-state index < -0.39 is 0 Å². The lowest BCUT2D eigenvalue weighted by Crippen LogP contribution is -2.34. The van der Waals surface area contributed by atoms with Crippen molar-refractivity contribution in [2.24, 2.45) is 5.92 Å². The SMILES string of the molecule is COCCOc1cccc(NC(=S)NC(=O)c2cccc(OCCC(C)C)c2)c1. The van der Waals surface area contributed by atoms with Crippen molar-refractivity contribution in [2.75, 3.05) is 32.2 Å². The smallest absolute Gasteiger partial charge is 0.257 e. The number of thiocarbonyl (C=S) groups is 1. The van der Waals surface area contributed by atoms with Crippen molar-refractivity contribution in [1.29, 1.82) is 0 Å². The molecule has 6 nitrogen and oxygen atoms in total. The average Bonchev–Trinajstić information content (AvgIpc) is 2.68. The molecule has 0 aromatic heterocycles. The fraction of sp³-hybridized carbons (Fsp3) is 0.364. The predicted octanol–water partition coefficient (Wildman–Crippen LogP) is 4.26. The first-order valence-corrected chi connectivity index (χ1v) is 9.95. The maximum atomic E-state index is 12.5. The van der Waals surface area contributed by atoms with Gasteiger partial charge >= 0.3 is 0 Å². The maximum Gasteiger partial charge on any atom is 0.257 e. The zero-order chi connectivity index (χ0) is 21.1. The summed E-state index contributed by atoms with van der Waals surface area (Å²) in [5, 5.41) is 5.88. The summed E-state index contributed by atoms with van der Waals surface area (Å²) < 4.78 is 16.2. The third-order valence-electron chi connectivity index (χ3n) is 3.94. The van der Waals surface area contributed by atoms with Gasteiger partial charge in [-0.3, -0.25) is 10.1 Å². The Bertz CT molecular complexity index is 811. The van der Waals surface area contributed by atoms with Gasteiger partial charge in [-0.2, -0.15) is 0 Å². The molecule has 0 radical (unpaired) electrons. The van der Waals surface area contributed by atoms with E-state index in [-0.39, 0.29) is 11.0 Å². The molecule has 2 aromatic rings. The van der Waals surface area contributed by atoms with Crippen molar-refractivity contribution in [2.45, 2.75) is 20.3 Å². The lowest BCUT2D eigenvalue weighted by Gasteiger charge is -2.12. The molecule has 0 atom stereocenters. The summed E-state index contributed by atoms with van der Waals surface area (Å²) in [5.41, 5.74) is 1.20.